The topological polar surface area (TPSA) is 81.3 Å². The van der Waals surface area contributed by atoms with Crippen LogP contribution in [0.15, 0.2) is 54.6 Å². The van der Waals surface area contributed by atoms with Crippen LogP contribution in [0.25, 0.3) is 22.4 Å². The van der Waals surface area contributed by atoms with Gasteiger partial charge < -0.3 is 14.5 Å². The first-order valence-corrected chi connectivity index (χ1v) is 9.06. The van der Waals surface area contributed by atoms with E-state index in [9.17, 15) is 9.59 Å². The third-order valence-corrected chi connectivity index (χ3v) is 5.17. The first-order valence-electron chi connectivity index (χ1n) is 9.06. The first kappa shape index (κ1) is 17.2. The molecular formula is C23H16N2O4. The fourth-order valence-electron chi connectivity index (χ4n) is 3.81. The second kappa shape index (κ2) is 6.31. The number of para-hydroxylation sites is 2. The minimum Gasteiger partial charge on any atom is -0.496 e. The van der Waals surface area contributed by atoms with E-state index in [-0.39, 0.29) is 22.7 Å². The molecule has 0 spiro atoms. The lowest BCUT2D eigenvalue weighted by molar-refractivity contribution is 0.0974. The van der Waals surface area contributed by atoms with Gasteiger partial charge >= 0.3 is 0 Å². The largest absolute Gasteiger partial charge is 0.496 e. The monoisotopic (exact) mass is 384 g/mol. The van der Waals surface area contributed by atoms with Crippen molar-refractivity contribution < 1.29 is 19.1 Å². The summed E-state index contributed by atoms with van der Waals surface area (Å²) in [6.07, 6.45) is 0. The number of nitrogens with zero attached hydrogens (tertiary/aromatic N) is 1. The Morgan fingerprint density at radius 3 is 2.31 bits per heavy atom. The summed E-state index contributed by atoms with van der Waals surface area (Å²) in [5.41, 5.74) is 3.51. The summed E-state index contributed by atoms with van der Waals surface area (Å²) in [5.74, 6) is 0.761. The van der Waals surface area contributed by atoms with Gasteiger partial charge in [0.2, 0.25) is 5.78 Å². The molecular weight excluding hydrogens is 368 g/mol. The number of nitrogens with one attached hydrogen (secondary N) is 1. The molecule has 0 fully saturated rings. The lowest BCUT2D eigenvalue weighted by Crippen LogP contribution is -2.22. The van der Waals surface area contributed by atoms with Gasteiger partial charge in [-0.1, -0.05) is 24.3 Å². The number of hydrogen-bond acceptors (Lipinski definition) is 5. The van der Waals surface area contributed by atoms with Gasteiger partial charge in [0.05, 0.1) is 36.4 Å². The third-order valence-electron chi connectivity index (χ3n) is 5.17. The second-order valence-electron chi connectivity index (χ2n) is 6.74. The third kappa shape index (κ3) is 2.46. The van der Waals surface area contributed by atoms with Gasteiger partial charge in [-0.25, -0.2) is 4.98 Å². The molecule has 1 N–H and O–H groups in total. The number of fused-ring (bicyclic) bond motifs is 3. The number of aromatic amines is 1. The Kier molecular flexibility index (Phi) is 3.74. The number of methoxy groups -OCH3 is 2. The van der Waals surface area contributed by atoms with Gasteiger partial charge in [0.25, 0.3) is 0 Å². The zero-order valence-electron chi connectivity index (χ0n) is 15.8. The minimum absolute atomic E-state index is 0.245. The van der Waals surface area contributed by atoms with Crippen molar-refractivity contribution >= 4 is 22.6 Å². The summed E-state index contributed by atoms with van der Waals surface area (Å²) in [6, 6.07) is 16.1. The van der Waals surface area contributed by atoms with Gasteiger partial charge in [0.15, 0.2) is 5.78 Å². The number of rotatable bonds is 3. The van der Waals surface area contributed by atoms with E-state index < -0.39 is 0 Å². The molecule has 0 radical (unpaired) electrons. The van der Waals surface area contributed by atoms with Crippen molar-refractivity contribution in [1.29, 1.82) is 0 Å². The highest BCUT2D eigenvalue weighted by Gasteiger charge is 2.35. The number of ether oxygens (including phenoxy) is 2. The molecule has 5 rings (SSSR count). The number of imidazole rings is 1. The lowest BCUT2D eigenvalue weighted by atomic mass is 9.82. The zero-order valence-corrected chi connectivity index (χ0v) is 15.8. The van der Waals surface area contributed by atoms with Crippen molar-refractivity contribution in [2.75, 3.05) is 14.2 Å². The van der Waals surface area contributed by atoms with E-state index in [0.717, 1.165) is 11.0 Å². The highest BCUT2D eigenvalue weighted by Crippen LogP contribution is 2.39. The molecule has 142 valence electrons. The van der Waals surface area contributed by atoms with Crippen molar-refractivity contribution in [3.63, 3.8) is 0 Å². The number of ketones is 2. The number of hydrogen-bond donors (Lipinski definition) is 1. The molecule has 0 atom stereocenters. The number of benzene rings is 3. The fourth-order valence-corrected chi connectivity index (χ4v) is 3.81. The average molecular weight is 384 g/mol. The van der Waals surface area contributed by atoms with Crippen LogP contribution >= 0.6 is 0 Å². The number of H-pyrrole nitrogens is 1. The highest BCUT2D eigenvalue weighted by molar-refractivity contribution is 6.30. The zero-order chi connectivity index (χ0) is 20.1. The van der Waals surface area contributed by atoms with E-state index in [2.05, 4.69) is 9.97 Å². The normalized spacial score (nSPS) is 12.6. The molecule has 4 aromatic rings. The van der Waals surface area contributed by atoms with E-state index in [1.165, 1.54) is 14.2 Å². The first-order chi connectivity index (χ1) is 14.1. The van der Waals surface area contributed by atoms with Gasteiger partial charge in [-0.2, -0.15) is 0 Å². The molecule has 0 saturated carbocycles. The molecule has 3 aromatic carbocycles. The van der Waals surface area contributed by atoms with Gasteiger partial charge in [-0.05, 0) is 30.3 Å². The number of carbonyl (C=O) groups excluding carboxylic acids is 2. The maximum Gasteiger partial charge on any atom is 0.201 e. The molecule has 0 bridgehead atoms. The Labute approximate surface area is 166 Å². The van der Waals surface area contributed by atoms with Gasteiger partial charge in [0, 0.05) is 16.7 Å². The maximum atomic E-state index is 13.3. The molecule has 29 heavy (non-hydrogen) atoms. The highest BCUT2D eigenvalue weighted by atomic mass is 16.5. The van der Waals surface area contributed by atoms with Crippen molar-refractivity contribution in [2.24, 2.45) is 0 Å². The smallest absolute Gasteiger partial charge is 0.201 e. The van der Waals surface area contributed by atoms with Crippen LogP contribution < -0.4 is 9.47 Å². The summed E-state index contributed by atoms with van der Waals surface area (Å²) >= 11 is 0. The van der Waals surface area contributed by atoms with Crippen LogP contribution in [0.4, 0.5) is 0 Å². The molecule has 1 heterocycles. The van der Waals surface area contributed by atoms with Gasteiger partial charge in [-0.15, -0.1) is 0 Å². The Balaban J connectivity index is 1.75. The molecule has 0 saturated heterocycles. The van der Waals surface area contributed by atoms with Crippen molar-refractivity contribution in [3.05, 3.63) is 76.9 Å². The fraction of sp³-hybridized carbons (Fsp3) is 0.0870. The Morgan fingerprint density at radius 2 is 1.55 bits per heavy atom. The van der Waals surface area contributed by atoms with Crippen LogP contribution in [0, 0.1) is 0 Å². The SMILES string of the molecule is COc1cccc2c1C(=O)c1c(OC)cc(-c3nc4ccccc4[nH]3)cc1C2=O. The Bertz CT molecular complexity index is 1290. The molecule has 0 amide bonds. The average Bonchev–Trinajstić information content (AvgIpc) is 3.20. The van der Waals surface area contributed by atoms with Gasteiger partial charge in [-0.3, -0.25) is 9.59 Å². The predicted molar refractivity (Wildman–Crippen MR) is 108 cm³/mol. The summed E-state index contributed by atoms with van der Waals surface area (Å²) in [5, 5.41) is 0. The summed E-state index contributed by atoms with van der Waals surface area (Å²) in [7, 11) is 2.96. The van der Waals surface area contributed by atoms with Crippen molar-refractivity contribution in [1.82, 2.24) is 9.97 Å². The van der Waals surface area contributed by atoms with E-state index in [1.54, 1.807) is 30.3 Å². The molecule has 6 nitrogen and oxygen atoms in total. The predicted octanol–water partition coefficient (Wildman–Crippen LogP) is 4.02. The van der Waals surface area contributed by atoms with E-state index in [1.807, 2.05) is 24.3 Å². The Morgan fingerprint density at radius 1 is 0.793 bits per heavy atom. The van der Waals surface area contributed by atoms with Gasteiger partial charge in [0.1, 0.15) is 17.3 Å². The molecule has 1 aliphatic carbocycles. The number of carbonyl (C=O) groups is 2. The van der Waals surface area contributed by atoms with Crippen LogP contribution in [0.1, 0.15) is 31.8 Å². The summed E-state index contributed by atoms with van der Waals surface area (Å²) < 4.78 is 10.8. The van der Waals surface area contributed by atoms with Crippen LogP contribution in [-0.2, 0) is 0 Å². The Hall–Kier alpha value is -3.93. The maximum absolute atomic E-state index is 13.3. The van der Waals surface area contributed by atoms with Crippen LogP contribution in [0.3, 0.4) is 0 Å². The molecule has 1 aliphatic rings. The number of aromatic nitrogens is 2. The molecule has 0 aliphatic heterocycles. The van der Waals surface area contributed by atoms with Crippen molar-refractivity contribution in [2.45, 2.75) is 0 Å². The molecule has 1 aromatic heterocycles. The molecule has 0 unspecified atom stereocenters. The van der Waals surface area contributed by atoms with Crippen LogP contribution in [0.2, 0.25) is 0 Å². The summed E-state index contributed by atoms with van der Waals surface area (Å²) in [4.78, 5) is 34.4. The van der Waals surface area contributed by atoms with Crippen molar-refractivity contribution in [3.8, 4) is 22.9 Å². The summed E-state index contributed by atoms with van der Waals surface area (Å²) in [6.45, 7) is 0. The van der Waals surface area contributed by atoms with Crippen LogP contribution in [-0.4, -0.2) is 35.8 Å². The lowest BCUT2D eigenvalue weighted by Gasteiger charge is -2.22. The second-order valence-corrected chi connectivity index (χ2v) is 6.74. The quantitative estimate of drug-likeness (QED) is 0.508. The van der Waals surface area contributed by atoms with E-state index in [0.29, 0.717) is 34.0 Å². The minimum atomic E-state index is -0.292. The van der Waals surface area contributed by atoms with Crippen LogP contribution in [0.5, 0.6) is 11.5 Å². The molecule has 6 heteroatoms. The van der Waals surface area contributed by atoms with E-state index >= 15 is 0 Å². The standard InChI is InChI=1S/C23H16N2O4/c1-28-17-9-5-6-13-19(17)22(27)20-14(21(13)26)10-12(11-18(20)29-2)23-24-15-7-3-4-8-16(15)25-23/h3-11H,1-2H3,(H,24,25). The van der Waals surface area contributed by atoms with E-state index in [4.69, 9.17) is 9.47 Å².